The van der Waals surface area contributed by atoms with Crippen molar-refractivity contribution in [2.45, 2.75) is 43.6 Å². The number of hydrogen-bond donors (Lipinski definition) is 2. The van der Waals surface area contributed by atoms with Gasteiger partial charge in [0.15, 0.2) is 18.0 Å². The zero-order valence-corrected chi connectivity index (χ0v) is 20.5. The van der Waals surface area contributed by atoms with Crippen molar-refractivity contribution in [2.24, 2.45) is 0 Å². The summed E-state index contributed by atoms with van der Waals surface area (Å²) in [6.45, 7) is -0.638. The van der Waals surface area contributed by atoms with Crippen molar-refractivity contribution in [1.29, 1.82) is 0 Å². The number of esters is 1. The van der Waals surface area contributed by atoms with Gasteiger partial charge in [0, 0.05) is 23.7 Å². The van der Waals surface area contributed by atoms with E-state index >= 15 is 4.39 Å². The normalized spacial score (nSPS) is 32.3. The Hall–Kier alpha value is -2.38. The van der Waals surface area contributed by atoms with Crippen LogP contribution in [0.2, 0.25) is 5.02 Å². The number of rotatable bonds is 7. The second-order valence-electron chi connectivity index (χ2n) is 8.28. The van der Waals surface area contributed by atoms with E-state index in [-0.39, 0.29) is 6.61 Å². The Morgan fingerprint density at radius 1 is 1.39 bits per heavy atom. The Balaban J connectivity index is 1.54. The van der Waals surface area contributed by atoms with Crippen molar-refractivity contribution in [1.82, 2.24) is 9.55 Å². The van der Waals surface area contributed by atoms with Gasteiger partial charge >= 0.3 is 19.5 Å². The molecule has 12 nitrogen and oxygen atoms in total. The smallest absolute Gasteiger partial charge is 0.454 e. The summed E-state index contributed by atoms with van der Waals surface area (Å²) in [4.78, 5) is 37.4. The van der Waals surface area contributed by atoms with E-state index in [0.29, 0.717) is 17.0 Å². The predicted octanol–water partition coefficient (Wildman–Crippen LogP) is 2.02. The maximum atomic E-state index is 15.9. The lowest BCUT2D eigenvalue weighted by Crippen LogP contribution is -2.46. The largest absolute Gasteiger partial charge is 0.475 e. The molecule has 3 heterocycles. The minimum Gasteiger partial charge on any atom is -0.454 e. The summed E-state index contributed by atoms with van der Waals surface area (Å²) in [5.74, 6) is -1.16. The molecule has 15 heteroatoms. The summed E-state index contributed by atoms with van der Waals surface area (Å²) < 4.78 is 56.7. The van der Waals surface area contributed by atoms with Gasteiger partial charge in [-0.05, 0) is 24.6 Å². The molecule has 2 fully saturated rings. The van der Waals surface area contributed by atoms with E-state index in [2.05, 4.69) is 0 Å². The number of phosphoric acid groups is 1. The second-order valence-corrected chi connectivity index (χ2v) is 10.3. The molecule has 0 bridgehead atoms. The molecule has 0 radical (unpaired) electrons. The maximum absolute atomic E-state index is 15.9. The van der Waals surface area contributed by atoms with E-state index in [9.17, 15) is 18.9 Å². The van der Waals surface area contributed by atoms with E-state index in [1.807, 2.05) is 4.98 Å². The third kappa shape index (κ3) is 5.62. The molecule has 2 aliphatic heterocycles. The van der Waals surface area contributed by atoms with Crippen LogP contribution in [-0.4, -0.2) is 58.3 Å². The van der Waals surface area contributed by atoms with Crippen molar-refractivity contribution in [3.8, 4) is 0 Å². The lowest BCUT2D eigenvalue weighted by molar-refractivity contribution is -0.161. The summed E-state index contributed by atoms with van der Waals surface area (Å²) in [5, 5.41) is 9.54. The highest BCUT2D eigenvalue weighted by atomic mass is 35.5. The highest BCUT2D eigenvalue weighted by molar-refractivity contribution is 7.48. The number of carbonyl (C=O) groups excluding carboxylic acids is 1. The van der Waals surface area contributed by atoms with Gasteiger partial charge in [-0.1, -0.05) is 23.7 Å². The second kappa shape index (κ2) is 10.5. The number of alkyl halides is 1. The molecular formula is C21H23ClFN2O10P. The van der Waals surface area contributed by atoms with Gasteiger partial charge in [0.2, 0.25) is 0 Å². The van der Waals surface area contributed by atoms with Crippen molar-refractivity contribution in [3.05, 3.63) is 68.0 Å². The molecule has 1 aromatic carbocycles. The first kappa shape index (κ1) is 26.7. The highest BCUT2D eigenvalue weighted by Crippen LogP contribution is 2.57. The number of benzene rings is 1. The van der Waals surface area contributed by atoms with Crippen molar-refractivity contribution in [3.63, 3.8) is 0 Å². The molecule has 0 unspecified atom stereocenters. The third-order valence-corrected chi connectivity index (χ3v) is 7.39. The first-order chi connectivity index (χ1) is 17.0. The molecule has 1 aromatic heterocycles. The topological polar surface area (TPSA) is 155 Å². The summed E-state index contributed by atoms with van der Waals surface area (Å²) in [6.07, 6.45) is -4.03. The number of H-pyrrole nitrogens is 1. The summed E-state index contributed by atoms with van der Waals surface area (Å²) in [7, 11) is -4.17. The number of ether oxygens (including phenoxy) is 2. The fraction of sp³-hybridized carbons (Fsp3) is 0.476. The van der Waals surface area contributed by atoms with Gasteiger partial charge < -0.3 is 14.6 Å². The number of aromatic amines is 1. The monoisotopic (exact) mass is 548 g/mol. The van der Waals surface area contributed by atoms with Crippen LogP contribution in [0.15, 0.2) is 46.1 Å². The maximum Gasteiger partial charge on any atom is 0.475 e. The molecule has 0 saturated carbocycles. The van der Waals surface area contributed by atoms with Crippen LogP contribution >= 0.6 is 19.4 Å². The number of nitrogens with zero attached hydrogens (tertiary/aromatic N) is 1. The average molecular weight is 549 g/mol. The number of hydrogen-bond acceptors (Lipinski definition) is 10. The van der Waals surface area contributed by atoms with Crippen molar-refractivity contribution < 1.29 is 41.9 Å². The van der Waals surface area contributed by atoms with Crippen LogP contribution in [0.3, 0.4) is 0 Å². The minimum atomic E-state index is -4.17. The van der Waals surface area contributed by atoms with Gasteiger partial charge in [0.1, 0.15) is 12.7 Å². The number of aromatic nitrogens is 2. The Labute approximate surface area is 208 Å². The third-order valence-electron chi connectivity index (χ3n) is 5.68. The zero-order valence-electron chi connectivity index (χ0n) is 18.9. The van der Waals surface area contributed by atoms with Crippen LogP contribution in [0.25, 0.3) is 0 Å². The van der Waals surface area contributed by atoms with E-state index in [4.69, 9.17) is 39.8 Å². The Morgan fingerprint density at radius 2 is 2.17 bits per heavy atom. The number of carbonyl (C=O) groups is 1. The predicted molar refractivity (Wildman–Crippen MR) is 121 cm³/mol. The quantitative estimate of drug-likeness (QED) is 0.388. The molecule has 4 rings (SSSR count). The van der Waals surface area contributed by atoms with Gasteiger partial charge in [-0.3, -0.25) is 27.9 Å². The molecule has 2 aliphatic rings. The summed E-state index contributed by atoms with van der Waals surface area (Å²) in [5.41, 5.74) is -3.57. The van der Waals surface area contributed by atoms with Crippen LogP contribution in [0, 0.1) is 0 Å². The molecule has 2 N–H and O–H groups in total. The van der Waals surface area contributed by atoms with Gasteiger partial charge in [0.05, 0.1) is 19.3 Å². The van der Waals surface area contributed by atoms with Crippen LogP contribution < -0.4 is 11.2 Å². The fourth-order valence-corrected chi connectivity index (χ4v) is 5.59. The van der Waals surface area contributed by atoms with Gasteiger partial charge in [-0.15, -0.1) is 0 Å². The SMILES string of the molecule is C[C@@]1(F)[C@H](OC(=O)CO)[C@@H](CO[P@@]2(=O)OCC[C@@H](c3cccc(Cl)c3)O2)O[C@H]1n1ccc(=O)[nH]c1=O. The molecule has 2 aromatic rings. The van der Waals surface area contributed by atoms with E-state index in [1.54, 1.807) is 24.3 Å². The number of phosphoric ester groups is 1. The molecule has 0 aliphatic carbocycles. The van der Waals surface area contributed by atoms with Crippen LogP contribution in [-0.2, 0) is 32.4 Å². The average Bonchev–Trinajstić information content (AvgIpc) is 3.07. The number of aliphatic hydroxyl groups excluding tert-OH is 1. The zero-order chi connectivity index (χ0) is 26.1. The van der Waals surface area contributed by atoms with E-state index in [0.717, 1.165) is 23.8 Å². The fourth-order valence-electron chi connectivity index (χ4n) is 4.00. The van der Waals surface area contributed by atoms with E-state index < -0.39 is 68.5 Å². The van der Waals surface area contributed by atoms with Gasteiger partial charge in [-0.2, -0.15) is 0 Å². The van der Waals surface area contributed by atoms with Crippen molar-refractivity contribution in [2.75, 3.05) is 19.8 Å². The standard InChI is InChI=1S/C21H23ClFN2O10P/c1-21(23)18(34-17(28)10-26)15(33-19(21)25-7-5-16(27)24-20(25)29)11-32-36(30)31-8-6-14(35-36)12-3-2-4-13(22)9-12/h2-5,7,9,14-15,18-19,26H,6,8,10-11H2,1H3,(H,24,27,29)/t14-,15+,18+,19+,21+,36+/m0/s1. The highest BCUT2D eigenvalue weighted by Gasteiger charge is 2.58. The minimum absolute atomic E-state index is 0.0269. The Bertz CT molecular complexity index is 1280. The summed E-state index contributed by atoms with van der Waals surface area (Å²) in [6, 6.07) is 7.74. The number of nitrogens with one attached hydrogen (secondary N) is 1. The lowest BCUT2D eigenvalue weighted by Gasteiger charge is -2.30. The molecule has 2 saturated heterocycles. The Kier molecular flexibility index (Phi) is 7.81. The molecule has 196 valence electrons. The van der Waals surface area contributed by atoms with Crippen molar-refractivity contribution >= 4 is 25.4 Å². The lowest BCUT2D eigenvalue weighted by atomic mass is 9.98. The van der Waals surface area contributed by atoms with Crippen LogP contribution in [0.4, 0.5) is 4.39 Å². The molecule has 0 amide bonds. The molecule has 6 atom stereocenters. The molecule has 0 spiro atoms. The first-order valence-corrected chi connectivity index (χ1v) is 12.7. The van der Waals surface area contributed by atoms with Crippen LogP contribution in [0.5, 0.6) is 0 Å². The van der Waals surface area contributed by atoms with Gasteiger partial charge in [0.25, 0.3) is 5.56 Å². The first-order valence-electron chi connectivity index (χ1n) is 10.8. The van der Waals surface area contributed by atoms with Gasteiger partial charge in [-0.25, -0.2) is 18.5 Å². The Morgan fingerprint density at radius 3 is 2.86 bits per heavy atom. The van der Waals surface area contributed by atoms with E-state index in [1.165, 1.54) is 0 Å². The number of aliphatic hydroxyl groups is 1. The summed E-state index contributed by atoms with van der Waals surface area (Å²) >= 11 is 6.02. The van der Waals surface area contributed by atoms with Crippen LogP contribution in [0.1, 0.15) is 31.2 Å². The molecule has 36 heavy (non-hydrogen) atoms. The number of halogens is 2. The molecular weight excluding hydrogens is 526 g/mol.